The van der Waals surface area contributed by atoms with Gasteiger partial charge in [-0.1, -0.05) is 13.0 Å². The summed E-state index contributed by atoms with van der Waals surface area (Å²) in [6.45, 7) is 4.89. The second-order valence-corrected chi connectivity index (χ2v) is 6.29. The summed E-state index contributed by atoms with van der Waals surface area (Å²) in [6.07, 6.45) is 3.60. The van der Waals surface area contributed by atoms with E-state index in [0.717, 1.165) is 37.5 Å². The van der Waals surface area contributed by atoms with Gasteiger partial charge in [0.25, 0.3) is 0 Å². The number of hydrogen-bond acceptors (Lipinski definition) is 4. The van der Waals surface area contributed by atoms with E-state index in [1.54, 1.807) is 0 Å². The fraction of sp³-hybridized carbons (Fsp3) is 0.529. The lowest BCUT2D eigenvalue weighted by Crippen LogP contribution is -2.35. The highest BCUT2D eigenvalue weighted by Gasteiger charge is 2.27. The van der Waals surface area contributed by atoms with E-state index in [-0.39, 0.29) is 24.0 Å². The zero-order valence-electron chi connectivity index (χ0n) is 13.7. The van der Waals surface area contributed by atoms with Gasteiger partial charge in [0.05, 0.1) is 17.6 Å². The number of aromatic nitrogens is 2. The molecule has 5 nitrogen and oxygen atoms in total. The predicted octanol–water partition coefficient (Wildman–Crippen LogP) is 2.94. The number of likely N-dealkylation sites (N-methyl/N-ethyl adjacent to an activating group) is 1. The van der Waals surface area contributed by atoms with E-state index in [4.69, 9.17) is 4.98 Å². The summed E-state index contributed by atoms with van der Waals surface area (Å²) >= 11 is 0. The van der Waals surface area contributed by atoms with Crippen LogP contribution < -0.4 is 5.32 Å². The van der Waals surface area contributed by atoms with Gasteiger partial charge in [-0.15, -0.1) is 24.0 Å². The molecule has 1 saturated carbocycles. The zero-order valence-corrected chi connectivity index (χ0v) is 16.1. The summed E-state index contributed by atoms with van der Waals surface area (Å²) in [5.74, 6) is 2.22. The van der Waals surface area contributed by atoms with Crippen molar-refractivity contribution in [2.45, 2.75) is 38.8 Å². The second kappa shape index (κ2) is 6.67. The Morgan fingerprint density at radius 2 is 2.13 bits per heavy atom. The highest BCUT2D eigenvalue weighted by Crippen LogP contribution is 2.38. The molecule has 2 aliphatic rings. The molecular weight excluding hydrogens is 401 g/mol. The predicted molar refractivity (Wildman–Crippen MR) is 105 cm³/mol. The van der Waals surface area contributed by atoms with Gasteiger partial charge >= 0.3 is 0 Å². The van der Waals surface area contributed by atoms with Gasteiger partial charge in [-0.05, 0) is 30.5 Å². The highest BCUT2D eigenvalue weighted by atomic mass is 127. The van der Waals surface area contributed by atoms with Gasteiger partial charge in [0.1, 0.15) is 5.82 Å². The number of aryl methyl sites for hydroxylation is 1. The maximum absolute atomic E-state index is 4.84. The zero-order chi connectivity index (χ0) is 15.1. The Hall–Kier alpha value is -1.31. The second-order valence-electron chi connectivity index (χ2n) is 6.29. The molecule has 0 radical (unpaired) electrons. The Morgan fingerprint density at radius 1 is 1.30 bits per heavy atom. The monoisotopic (exact) mass is 425 g/mol. The van der Waals surface area contributed by atoms with E-state index >= 15 is 0 Å². The van der Waals surface area contributed by atoms with Crippen molar-refractivity contribution in [2.24, 2.45) is 4.99 Å². The van der Waals surface area contributed by atoms with Gasteiger partial charge in [-0.25, -0.2) is 4.98 Å². The van der Waals surface area contributed by atoms with Crippen LogP contribution in [0.3, 0.4) is 0 Å². The molecule has 1 aromatic heterocycles. The topological polar surface area (TPSA) is 45.5 Å². The Kier molecular flexibility index (Phi) is 4.79. The van der Waals surface area contributed by atoms with Gasteiger partial charge in [-0.3, -0.25) is 4.99 Å². The van der Waals surface area contributed by atoms with E-state index in [9.17, 15) is 0 Å². The summed E-state index contributed by atoms with van der Waals surface area (Å²) in [4.78, 5) is 11.5. The first-order chi connectivity index (χ1) is 10.8. The fourth-order valence-electron chi connectivity index (χ4n) is 3.20. The van der Waals surface area contributed by atoms with Crippen LogP contribution in [-0.4, -0.2) is 40.5 Å². The minimum Gasteiger partial charge on any atom is -0.352 e. The molecule has 0 unspecified atom stereocenters. The number of rotatable bonds is 4. The lowest BCUT2D eigenvalue weighted by Gasteiger charge is -2.15. The number of imidazole rings is 1. The molecule has 124 valence electrons. The van der Waals surface area contributed by atoms with Crippen LogP contribution in [0.1, 0.15) is 37.2 Å². The third kappa shape index (κ3) is 3.18. The summed E-state index contributed by atoms with van der Waals surface area (Å²) in [6, 6.07) is 7.35. The number of halogens is 1. The lowest BCUT2D eigenvalue weighted by atomic mass is 10.2. The molecule has 0 spiro atoms. The number of nitrogens with zero attached hydrogens (tertiary/aromatic N) is 4. The first kappa shape index (κ1) is 16.5. The number of guanidine groups is 1. The highest BCUT2D eigenvalue weighted by molar-refractivity contribution is 14.0. The van der Waals surface area contributed by atoms with Crippen LogP contribution in [0.25, 0.3) is 11.0 Å². The molecule has 0 saturated heterocycles. The van der Waals surface area contributed by atoms with Gasteiger partial charge in [0, 0.05) is 32.6 Å². The first-order valence-corrected chi connectivity index (χ1v) is 8.25. The van der Waals surface area contributed by atoms with Gasteiger partial charge in [-0.2, -0.15) is 0 Å². The number of fused-ring (bicyclic) bond motifs is 1. The maximum atomic E-state index is 4.84. The molecule has 0 amide bonds. The Morgan fingerprint density at radius 3 is 2.78 bits per heavy atom. The van der Waals surface area contributed by atoms with E-state index in [0.29, 0.717) is 6.04 Å². The summed E-state index contributed by atoms with van der Waals surface area (Å²) in [7, 11) is 2.08. The Balaban J connectivity index is 0.00000156. The Labute approximate surface area is 154 Å². The van der Waals surface area contributed by atoms with Crippen molar-refractivity contribution in [1.29, 1.82) is 0 Å². The summed E-state index contributed by atoms with van der Waals surface area (Å²) < 4.78 is 2.45. The lowest BCUT2D eigenvalue weighted by molar-refractivity contribution is 0.534. The van der Waals surface area contributed by atoms with Gasteiger partial charge in [0.2, 0.25) is 0 Å². The van der Waals surface area contributed by atoms with Crippen LogP contribution in [0.4, 0.5) is 0 Å². The van der Waals surface area contributed by atoms with E-state index in [2.05, 4.69) is 51.9 Å². The molecule has 2 aromatic rings. The molecular formula is C17H24IN5. The maximum Gasteiger partial charge on any atom is 0.194 e. The largest absolute Gasteiger partial charge is 0.352 e. The molecule has 0 bridgehead atoms. The van der Waals surface area contributed by atoms with Crippen molar-refractivity contribution in [3.8, 4) is 0 Å². The van der Waals surface area contributed by atoms with Crippen LogP contribution in [0.5, 0.6) is 0 Å². The third-order valence-corrected chi connectivity index (χ3v) is 4.56. The van der Waals surface area contributed by atoms with Crippen molar-refractivity contribution in [3.63, 3.8) is 0 Å². The summed E-state index contributed by atoms with van der Waals surface area (Å²) in [5.41, 5.74) is 3.68. The van der Waals surface area contributed by atoms with E-state index in [1.165, 1.54) is 29.7 Å². The van der Waals surface area contributed by atoms with Crippen molar-refractivity contribution in [2.75, 3.05) is 20.1 Å². The van der Waals surface area contributed by atoms with Crippen LogP contribution in [0.15, 0.2) is 23.2 Å². The van der Waals surface area contributed by atoms with Crippen LogP contribution in [0.2, 0.25) is 0 Å². The molecule has 2 heterocycles. The SMILES string of the molecule is CCc1nc2cc(CNC3=NCCN3C)ccc2n1C1CC1.I. The number of nitrogens with one attached hydrogen (secondary N) is 1. The number of benzene rings is 1. The quantitative estimate of drug-likeness (QED) is 0.767. The molecule has 1 aromatic carbocycles. The van der Waals surface area contributed by atoms with Crippen molar-refractivity contribution < 1.29 is 0 Å². The third-order valence-electron chi connectivity index (χ3n) is 4.56. The smallest absolute Gasteiger partial charge is 0.194 e. The molecule has 23 heavy (non-hydrogen) atoms. The van der Waals surface area contributed by atoms with E-state index in [1.807, 2.05) is 0 Å². The van der Waals surface area contributed by atoms with Gasteiger partial charge in [0.15, 0.2) is 5.96 Å². The molecule has 0 atom stereocenters. The van der Waals surface area contributed by atoms with Crippen LogP contribution in [-0.2, 0) is 13.0 Å². The van der Waals surface area contributed by atoms with Crippen molar-refractivity contribution in [1.82, 2.24) is 19.8 Å². The minimum atomic E-state index is 0. The molecule has 1 aliphatic carbocycles. The summed E-state index contributed by atoms with van der Waals surface area (Å²) in [5, 5.41) is 3.42. The average Bonchev–Trinajstić information content (AvgIpc) is 3.18. The first-order valence-electron chi connectivity index (χ1n) is 8.25. The number of aliphatic imine (C=N–C) groups is 1. The average molecular weight is 425 g/mol. The molecule has 1 aliphatic heterocycles. The molecule has 6 heteroatoms. The normalized spacial score (nSPS) is 17.3. The number of hydrogen-bond donors (Lipinski definition) is 1. The van der Waals surface area contributed by atoms with Crippen molar-refractivity contribution in [3.05, 3.63) is 29.6 Å². The van der Waals surface area contributed by atoms with Crippen LogP contribution in [0, 0.1) is 0 Å². The van der Waals surface area contributed by atoms with Crippen LogP contribution >= 0.6 is 24.0 Å². The standard InChI is InChI=1S/C17H23N5.HI/c1-3-16-20-14-10-12(11-19-17-18-8-9-21(17)2)4-7-15(14)22(16)13-5-6-13;/h4,7,10,13H,3,5-6,8-9,11H2,1-2H3,(H,18,19);1H. The minimum absolute atomic E-state index is 0. The molecule has 4 rings (SSSR count). The molecule has 1 N–H and O–H groups in total. The van der Waals surface area contributed by atoms with Crippen molar-refractivity contribution >= 4 is 41.0 Å². The van der Waals surface area contributed by atoms with E-state index < -0.39 is 0 Å². The van der Waals surface area contributed by atoms with Gasteiger partial charge < -0.3 is 14.8 Å². The Bertz CT molecular complexity index is 732. The molecule has 1 fully saturated rings. The fourth-order valence-corrected chi connectivity index (χ4v) is 3.20.